The maximum atomic E-state index is 13.0. The minimum Gasteiger partial charge on any atom is -0.507 e. The van der Waals surface area contributed by atoms with Crippen LogP contribution in [0.15, 0.2) is 97.3 Å². The Hall–Kier alpha value is -7.31. The Labute approximate surface area is 424 Å². The third-order valence-corrected chi connectivity index (χ3v) is 10.8. The Kier molecular flexibility index (Phi) is 18.8. The molecule has 4 aromatic carbocycles. The number of anilines is 2. The quantitative estimate of drug-likeness (QED) is 0.101. The monoisotopic (exact) mass is 1000 g/mol. The van der Waals surface area contributed by atoms with Gasteiger partial charge >= 0.3 is 6.09 Å². The maximum absolute atomic E-state index is 13.0. The highest BCUT2D eigenvalue weighted by Crippen LogP contribution is 2.34. The number of phenols is 2. The Balaban J connectivity index is 0.000000262. The van der Waals surface area contributed by atoms with Crippen LogP contribution in [-0.2, 0) is 37.9 Å². The molecular weight excluding hydrogens is 948 g/mol. The first-order valence-corrected chi connectivity index (χ1v) is 22.5. The summed E-state index contributed by atoms with van der Waals surface area (Å²) in [5.74, 6) is 12.0. The second-order valence-electron chi connectivity index (χ2n) is 16.9. The molecule has 18 heteroatoms. The van der Waals surface area contributed by atoms with E-state index in [0.717, 1.165) is 5.56 Å². The molecular formula is C53H58Cl2N8O8. The van der Waals surface area contributed by atoms with Crippen LogP contribution in [0.1, 0.15) is 57.9 Å². The van der Waals surface area contributed by atoms with Crippen molar-refractivity contribution in [2.75, 3.05) is 50.2 Å². The number of hydrogen-bond acceptors (Lipinski definition) is 11. The summed E-state index contributed by atoms with van der Waals surface area (Å²) in [6.45, 7) is 7.68. The molecule has 2 aromatic heterocycles. The molecule has 3 amide bonds. The lowest BCUT2D eigenvalue weighted by atomic mass is 10.1. The molecule has 0 spiro atoms. The molecule has 372 valence electrons. The van der Waals surface area contributed by atoms with Crippen molar-refractivity contribution >= 4 is 52.5 Å². The van der Waals surface area contributed by atoms with Gasteiger partial charge in [-0.3, -0.25) is 23.9 Å². The number of carbonyl (C=O) groups is 3. The zero-order valence-corrected chi connectivity index (χ0v) is 40.0. The van der Waals surface area contributed by atoms with Crippen LogP contribution in [0.3, 0.4) is 0 Å². The van der Waals surface area contributed by atoms with Gasteiger partial charge in [0.2, 0.25) is 11.8 Å². The zero-order valence-electron chi connectivity index (χ0n) is 38.5. The number of nitrogens with one attached hydrogen (secondary N) is 3. The number of aromatic hydroxyl groups is 2. The van der Waals surface area contributed by atoms with Gasteiger partial charge in [0.15, 0.2) is 0 Å². The normalized spacial score (nSPS) is 15.1. The minimum atomic E-state index is -0.801. The van der Waals surface area contributed by atoms with Crippen molar-refractivity contribution in [2.45, 2.75) is 53.3 Å². The predicted octanol–water partition coefficient (Wildman–Crippen LogP) is 8.47. The Morgan fingerprint density at radius 3 is 1.65 bits per heavy atom. The van der Waals surface area contributed by atoms with Gasteiger partial charge in [-0.1, -0.05) is 61.7 Å². The number of benzene rings is 4. The molecule has 0 unspecified atom stereocenters. The first-order valence-electron chi connectivity index (χ1n) is 21.8. The maximum Gasteiger partial charge on any atom is 0.411 e. The van der Waals surface area contributed by atoms with E-state index in [2.05, 4.69) is 49.8 Å². The smallest absolute Gasteiger partial charge is 0.411 e. The molecule has 2 atom stereocenters. The standard InChI is InChI=1S/C28H29ClN4O5.C23H21ClN4O3.2CH4/c1-28(2,3)38-27(36)33-13-14-37-17-23(33)26(35)30-21-10-6-18(7-11-21)5-8-19-16-32(4)31-25(19)22-15-20(29)9-12-24(22)34;1-28-13-16(22(27-28)19-12-17(24)6-9-21(19)29)5-2-15-3-7-18(8-4-15)26-23(30)20-14-31-11-10-25-20;;/h6-7,9-12,15-16,23,34H,13-14,17H2,1-4H3,(H,30,35);3-4,6-9,12-13,20,25,29H,10-11,14H2,1H3,(H,26,30);2*1H4/t23-;20-;;/m00../s1. The van der Waals surface area contributed by atoms with E-state index in [1.807, 2.05) is 12.1 Å². The average Bonchev–Trinajstić information content (AvgIpc) is 3.90. The molecule has 0 bridgehead atoms. The zero-order chi connectivity index (χ0) is 49.2. The van der Waals surface area contributed by atoms with E-state index in [0.29, 0.717) is 87.0 Å². The molecule has 2 saturated heterocycles. The van der Waals surface area contributed by atoms with Crippen molar-refractivity contribution in [1.29, 1.82) is 0 Å². The number of aryl methyl sites for hydroxylation is 2. The first-order chi connectivity index (χ1) is 33.0. The SMILES string of the molecule is C.C.Cn1cc(C#Cc2ccc(NC(=O)[C@@H]3COCCN3)cc2)c(-c2cc(Cl)ccc2O)n1.Cn1cc(C#Cc2ccc(NC(=O)[C@@H]3COCCN3C(=O)OC(C)(C)C)cc2)c(-c2cc(Cl)ccc2O)n1. The number of carbonyl (C=O) groups excluding carboxylic acids is 3. The van der Waals surface area contributed by atoms with Gasteiger partial charge in [0.25, 0.3) is 0 Å². The average molecular weight is 1010 g/mol. The Morgan fingerprint density at radius 2 is 1.18 bits per heavy atom. The molecule has 2 aliphatic heterocycles. The Morgan fingerprint density at radius 1 is 0.704 bits per heavy atom. The number of morpholine rings is 2. The van der Waals surface area contributed by atoms with E-state index >= 15 is 0 Å². The molecule has 6 aromatic rings. The van der Waals surface area contributed by atoms with Crippen LogP contribution in [0.5, 0.6) is 11.5 Å². The van der Waals surface area contributed by atoms with E-state index in [-0.39, 0.29) is 57.4 Å². The number of phenolic OH excluding ortho intramolecular Hbond substituents is 2. The molecule has 16 nitrogen and oxygen atoms in total. The van der Waals surface area contributed by atoms with Gasteiger partial charge < -0.3 is 40.4 Å². The van der Waals surface area contributed by atoms with E-state index in [1.165, 1.54) is 17.0 Å². The summed E-state index contributed by atoms with van der Waals surface area (Å²) < 4.78 is 19.5. The van der Waals surface area contributed by atoms with Crippen LogP contribution < -0.4 is 16.0 Å². The van der Waals surface area contributed by atoms with Gasteiger partial charge in [-0.05, 0) is 106 Å². The fourth-order valence-corrected chi connectivity index (χ4v) is 7.40. The Bertz CT molecular complexity index is 2960. The number of halogens is 2. The van der Waals surface area contributed by atoms with Gasteiger partial charge in [-0.25, -0.2) is 4.79 Å². The highest BCUT2D eigenvalue weighted by Gasteiger charge is 2.35. The summed E-state index contributed by atoms with van der Waals surface area (Å²) in [6.07, 6.45) is 3.00. The summed E-state index contributed by atoms with van der Waals surface area (Å²) in [4.78, 5) is 39.2. The molecule has 2 aliphatic rings. The number of ether oxygens (including phenoxy) is 3. The summed E-state index contributed by atoms with van der Waals surface area (Å²) in [5, 5.41) is 39.1. The van der Waals surface area contributed by atoms with Gasteiger partial charge in [0.1, 0.15) is 40.6 Å². The second-order valence-corrected chi connectivity index (χ2v) is 17.8. The van der Waals surface area contributed by atoms with Crippen LogP contribution in [0.4, 0.5) is 16.2 Å². The lowest BCUT2D eigenvalue weighted by Gasteiger charge is -2.35. The minimum absolute atomic E-state index is 0. The fraction of sp³-hybridized carbons (Fsp3) is 0.302. The van der Waals surface area contributed by atoms with Crippen LogP contribution in [0.25, 0.3) is 22.5 Å². The van der Waals surface area contributed by atoms with Crippen LogP contribution in [0.2, 0.25) is 10.0 Å². The highest BCUT2D eigenvalue weighted by molar-refractivity contribution is 6.31. The van der Waals surface area contributed by atoms with Crippen molar-refractivity contribution in [3.63, 3.8) is 0 Å². The number of amides is 3. The van der Waals surface area contributed by atoms with Crippen LogP contribution >= 0.6 is 23.2 Å². The molecule has 0 saturated carbocycles. The van der Waals surface area contributed by atoms with Crippen molar-refractivity contribution in [3.8, 4) is 57.7 Å². The summed E-state index contributed by atoms with van der Waals surface area (Å²) in [7, 11) is 3.56. The molecule has 0 aliphatic carbocycles. The van der Waals surface area contributed by atoms with Crippen LogP contribution in [-0.4, -0.2) is 110 Å². The third kappa shape index (κ3) is 14.9. The van der Waals surface area contributed by atoms with Crippen molar-refractivity contribution < 1.29 is 38.8 Å². The molecule has 5 N–H and O–H groups in total. The van der Waals surface area contributed by atoms with Gasteiger partial charge in [0.05, 0.1) is 37.6 Å². The third-order valence-electron chi connectivity index (χ3n) is 10.4. The summed E-state index contributed by atoms with van der Waals surface area (Å²) >= 11 is 12.2. The lowest BCUT2D eigenvalue weighted by Crippen LogP contribution is -2.55. The van der Waals surface area contributed by atoms with E-state index in [9.17, 15) is 24.6 Å². The molecule has 2 fully saturated rings. The summed E-state index contributed by atoms with van der Waals surface area (Å²) in [5.41, 5.74) is 5.46. The fourth-order valence-electron chi connectivity index (χ4n) is 7.06. The van der Waals surface area contributed by atoms with Gasteiger partial charge in [-0.15, -0.1) is 0 Å². The van der Waals surface area contributed by atoms with Crippen molar-refractivity contribution in [2.24, 2.45) is 14.1 Å². The van der Waals surface area contributed by atoms with Crippen LogP contribution in [0, 0.1) is 23.7 Å². The van der Waals surface area contributed by atoms with E-state index in [4.69, 9.17) is 37.4 Å². The largest absolute Gasteiger partial charge is 0.507 e. The first kappa shape index (κ1) is 54.6. The van der Waals surface area contributed by atoms with E-state index < -0.39 is 17.7 Å². The van der Waals surface area contributed by atoms with Crippen molar-refractivity contribution in [3.05, 3.63) is 130 Å². The molecule has 4 heterocycles. The van der Waals surface area contributed by atoms with Gasteiger partial charge in [0, 0.05) is 83.3 Å². The number of hydrogen-bond donors (Lipinski definition) is 5. The summed E-state index contributed by atoms with van der Waals surface area (Å²) in [6, 6.07) is 22.7. The molecule has 71 heavy (non-hydrogen) atoms. The van der Waals surface area contributed by atoms with Gasteiger partial charge in [-0.2, -0.15) is 10.2 Å². The molecule has 8 rings (SSSR count). The molecule has 0 radical (unpaired) electrons. The predicted molar refractivity (Wildman–Crippen MR) is 276 cm³/mol. The van der Waals surface area contributed by atoms with Crippen molar-refractivity contribution in [1.82, 2.24) is 29.8 Å². The van der Waals surface area contributed by atoms with E-state index in [1.54, 1.807) is 117 Å². The number of rotatable bonds is 6. The number of aromatic nitrogens is 4. The lowest BCUT2D eigenvalue weighted by molar-refractivity contribution is -0.127. The second kappa shape index (κ2) is 24.5. The highest BCUT2D eigenvalue weighted by atomic mass is 35.5. The number of nitrogens with zero attached hydrogens (tertiary/aromatic N) is 5. The topological polar surface area (TPSA) is 194 Å².